The second-order valence-electron chi connectivity index (χ2n) is 4.00. The van der Waals surface area contributed by atoms with E-state index >= 15 is 0 Å². The number of nitrogens with one attached hydrogen (secondary N) is 1. The van der Waals surface area contributed by atoms with E-state index in [1.807, 2.05) is 23.6 Å². The Labute approximate surface area is 116 Å². The first-order chi connectivity index (χ1) is 9.03. The molecule has 2 aromatic rings. The van der Waals surface area contributed by atoms with Gasteiger partial charge in [0.2, 0.25) is 10.0 Å². The average Bonchev–Trinajstić information content (AvgIpc) is 2.92. The average molecular weight is 292 g/mol. The summed E-state index contributed by atoms with van der Waals surface area (Å²) in [4.78, 5) is 1.05. The Morgan fingerprint density at radius 3 is 2.74 bits per heavy atom. The van der Waals surface area contributed by atoms with Crippen LogP contribution in [0.5, 0.6) is 0 Å². The summed E-state index contributed by atoms with van der Waals surface area (Å²) >= 11 is 1.50. The summed E-state index contributed by atoms with van der Waals surface area (Å²) in [6.07, 6.45) is 0. The zero-order valence-electron chi connectivity index (χ0n) is 10.2. The molecule has 98 valence electrons. The van der Waals surface area contributed by atoms with Crippen molar-refractivity contribution < 1.29 is 8.42 Å². The van der Waals surface area contributed by atoms with Crippen molar-refractivity contribution in [2.24, 2.45) is 0 Å². The maximum atomic E-state index is 12.2. The maximum absolute atomic E-state index is 12.2. The SMILES string of the molecule is C[C@H](NS(=O)(=O)c1cccc(C#N)c1)c1cccs1. The molecule has 1 N–H and O–H groups in total. The van der Waals surface area contributed by atoms with Crippen molar-refractivity contribution in [2.45, 2.75) is 17.9 Å². The summed E-state index contributed by atoms with van der Waals surface area (Å²) in [7, 11) is -3.61. The van der Waals surface area contributed by atoms with Crippen molar-refractivity contribution in [3.05, 3.63) is 52.2 Å². The fourth-order valence-corrected chi connectivity index (χ4v) is 3.71. The van der Waals surface area contributed by atoms with Crippen LogP contribution >= 0.6 is 11.3 Å². The van der Waals surface area contributed by atoms with Crippen LogP contribution in [0.15, 0.2) is 46.7 Å². The van der Waals surface area contributed by atoms with Gasteiger partial charge in [-0.05, 0) is 36.6 Å². The van der Waals surface area contributed by atoms with E-state index in [-0.39, 0.29) is 10.9 Å². The first-order valence-corrected chi connectivity index (χ1v) is 7.95. The quantitative estimate of drug-likeness (QED) is 0.941. The molecule has 1 aromatic heterocycles. The van der Waals surface area contributed by atoms with Crippen molar-refractivity contribution in [2.75, 3.05) is 0 Å². The minimum absolute atomic E-state index is 0.106. The predicted octanol–water partition coefficient (Wildman–Crippen LogP) is 2.66. The molecule has 0 radical (unpaired) electrons. The van der Waals surface area contributed by atoms with Gasteiger partial charge in [0.15, 0.2) is 0 Å². The maximum Gasteiger partial charge on any atom is 0.241 e. The van der Waals surface area contributed by atoms with Gasteiger partial charge in [-0.1, -0.05) is 12.1 Å². The second kappa shape index (κ2) is 5.53. The number of hydrogen-bond donors (Lipinski definition) is 1. The van der Waals surface area contributed by atoms with E-state index in [4.69, 9.17) is 5.26 Å². The van der Waals surface area contributed by atoms with Crippen LogP contribution < -0.4 is 4.72 Å². The van der Waals surface area contributed by atoms with Gasteiger partial charge in [0.1, 0.15) is 0 Å². The molecule has 0 unspecified atom stereocenters. The number of benzene rings is 1. The van der Waals surface area contributed by atoms with Crippen molar-refractivity contribution in [3.8, 4) is 6.07 Å². The van der Waals surface area contributed by atoms with E-state index in [0.717, 1.165) is 4.88 Å². The second-order valence-corrected chi connectivity index (χ2v) is 6.69. The van der Waals surface area contributed by atoms with Crippen LogP contribution in [-0.4, -0.2) is 8.42 Å². The highest BCUT2D eigenvalue weighted by atomic mass is 32.2. The minimum Gasteiger partial charge on any atom is -0.207 e. The summed E-state index contributed by atoms with van der Waals surface area (Å²) in [5.74, 6) is 0. The topological polar surface area (TPSA) is 70.0 Å². The molecule has 1 aromatic carbocycles. The molecule has 0 spiro atoms. The highest BCUT2D eigenvalue weighted by Crippen LogP contribution is 2.21. The van der Waals surface area contributed by atoms with Crippen LogP contribution in [0.2, 0.25) is 0 Å². The van der Waals surface area contributed by atoms with E-state index < -0.39 is 10.0 Å². The highest BCUT2D eigenvalue weighted by molar-refractivity contribution is 7.89. The lowest BCUT2D eigenvalue weighted by molar-refractivity contribution is 0.568. The molecule has 2 rings (SSSR count). The fourth-order valence-electron chi connectivity index (χ4n) is 1.63. The lowest BCUT2D eigenvalue weighted by Crippen LogP contribution is -2.26. The predicted molar refractivity (Wildman–Crippen MR) is 74.2 cm³/mol. The summed E-state index contributed by atoms with van der Waals surface area (Å²) in [5, 5.41) is 10.7. The van der Waals surface area contributed by atoms with Crippen LogP contribution in [-0.2, 0) is 10.0 Å². The molecule has 0 bridgehead atoms. The van der Waals surface area contributed by atoms with E-state index in [9.17, 15) is 8.42 Å². The molecule has 0 aliphatic rings. The molecule has 6 heteroatoms. The Hall–Kier alpha value is -1.68. The van der Waals surface area contributed by atoms with E-state index in [2.05, 4.69) is 4.72 Å². The third-order valence-corrected chi connectivity index (χ3v) is 5.17. The van der Waals surface area contributed by atoms with Gasteiger partial charge in [-0.2, -0.15) is 5.26 Å². The molecule has 0 aliphatic carbocycles. The fraction of sp³-hybridized carbons (Fsp3) is 0.154. The van der Waals surface area contributed by atoms with Gasteiger partial charge in [0, 0.05) is 4.88 Å². The molecule has 1 atom stereocenters. The number of nitrogens with zero attached hydrogens (tertiary/aromatic N) is 1. The largest absolute Gasteiger partial charge is 0.241 e. The van der Waals surface area contributed by atoms with Crippen LogP contribution in [0.3, 0.4) is 0 Å². The highest BCUT2D eigenvalue weighted by Gasteiger charge is 2.19. The zero-order valence-corrected chi connectivity index (χ0v) is 11.8. The smallest absolute Gasteiger partial charge is 0.207 e. The minimum atomic E-state index is -3.61. The molecule has 0 saturated heterocycles. The first-order valence-electron chi connectivity index (χ1n) is 5.59. The van der Waals surface area contributed by atoms with Crippen molar-refractivity contribution in [3.63, 3.8) is 0 Å². The van der Waals surface area contributed by atoms with E-state index in [1.165, 1.54) is 23.5 Å². The van der Waals surface area contributed by atoms with Gasteiger partial charge < -0.3 is 0 Å². The number of hydrogen-bond acceptors (Lipinski definition) is 4. The Morgan fingerprint density at radius 2 is 2.11 bits per heavy atom. The summed E-state index contributed by atoms with van der Waals surface area (Å²) in [6.45, 7) is 1.79. The first kappa shape index (κ1) is 13.7. The Morgan fingerprint density at radius 1 is 1.32 bits per heavy atom. The lowest BCUT2D eigenvalue weighted by Gasteiger charge is -2.12. The molecule has 0 aliphatic heterocycles. The standard InChI is InChI=1S/C13H12N2O2S2/c1-10(13-6-3-7-18-13)15-19(16,17)12-5-2-4-11(8-12)9-14/h2-8,10,15H,1H3/t10-/m0/s1. The summed E-state index contributed by atoms with van der Waals surface area (Å²) in [6, 6.07) is 11.4. The summed E-state index contributed by atoms with van der Waals surface area (Å²) in [5.41, 5.74) is 0.326. The number of thiophene rings is 1. The van der Waals surface area contributed by atoms with Crippen LogP contribution in [0.1, 0.15) is 23.4 Å². The van der Waals surface area contributed by atoms with Crippen LogP contribution in [0.25, 0.3) is 0 Å². The van der Waals surface area contributed by atoms with Crippen molar-refractivity contribution in [1.82, 2.24) is 4.72 Å². The molecule has 4 nitrogen and oxygen atoms in total. The Bertz CT molecular complexity index is 700. The lowest BCUT2D eigenvalue weighted by atomic mass is 10.2. The van der Waals surface area contributed by atoms with Crippen molar-refractivity contribution in [1.29, 1.82) is 5.26 Å². The number of rotatable bonds is 4. The van der Waals surface area contributed by atoms with Gasteiger partial charge in [0.05, 0.1) is 22.6 Å². The van der Waals surface area contributed by atoms with Crippen molar-refractivity contribution >= 4 is 21.4 Å². The Balaban J connectivity index is 2.25. The third-order valence-electron chi connectivity index (χ3n) is 2.58. The molecular weight excluding hydrogens is 280 g/mol. The van der Waals surface area contributed by atoms with E-state index in [0.29, 0.717) is 5.56 Å². The zero-order chi connectivity index (χ0) is 13.9. The van der Waals surface area contributed by atoms with Crippen LogP contribution in [0, 0.1) is 11.3 Å². The monoisotopic (exact) mass is 292 g/mol. The normalized spacial score (nSPS) is 12.8. The summed E-state index contributed by atoms with van der Waals surface area (Å²) < 4.78 is 27.0. The molecule has 19 heavy (non-hydrogen) atoms. The molecule has 0 amide bonds. The molecular formula is C13H12N2O2S2. The molecule has 0 saturated carbocycles. The van der Waals surface area contributed by atoms with Gasteiger partial charge >= 0.3 is 0 Å². The van der Waals surface area contributed by atoms with E-state index in [1.54, 1.807) is 19.1 Å². The molecule has 0 fully saturated rings. The number of sulfonamides is 1. The van der Waals surface area contributed by atoms with Crippen LogP contribution in [0.4, 0.5) is 0 Å². The van der Waals surface area contributed by atoms with Gasteiger partial charge in [-0.25, -0.2) is 13.1 Å². The molecule has 1 heterocycles. The third kappa shape index (κ3) is 3.20. The Kier molecular flexibility index (Phi) is 4.00. The van der Waals surface area contributed by atoms with Gasteiger partial charge in [-0.15, -0.1) is 11.3 Å². The van der Waals surface area contributed by atoms with Gasteiger partial charge in [0.25, 0.3) is 0 Å². The number of nitriles is 1. The van der Waals surface area contributed by atoms with Gasteiger partial charge in [-0.3, -0.25) is 0 Å².